The van der Waals surface area contributed by atoms with E-state index >= 15 is 0 Å². The van der Waals surface area contributed by atoms with Crippen LogP contribution in [0.25, 0.3) is 0 Å². The van der Waals surface area contributed by atoms with Gasteiger partial charge in [-0.25, -0.2) is 0 Å². The molecule has 0 aliphatic heterocycles. The number of esters is 1. The molecule has 194 valence electrons. The molecule has 0 spiro atoms. The lowest BCUT2D eigenvalue weighted by atomic mass is 9.76. The first-order valence-electron chi connectivity index (χ1n) is 13.4. The van der Waals surface area contributed by atoms with Crippen molar-refractivity contribution in [3.63, 3.8) is 0 Å². The van der Waals surface area contributed by atoms with Crippen LogP contribution in [0.4, 0.5) is 0 Å². The molecule has 2 aliphatic rings. The van der Waals surface area contributed by atoms with Crippen LogP contribution in [0.5, 0.6) is 0 Å². The van der Waals surface area contributed by atoms with Gasteiger partial charge >= 0.3 is 5.97 Å². The number of rotatable bonds is 10. The quantitative estimate of drug-likeness (QED) is 0.334. The second-order valence-electron chi connectivity index (χ2n) is 10.5. The van der Waals surface area contributed by atoms with E-state index in [1.54, 1.807) is 0 Å². The lowest BCUT2D eigenvalue weighted by Gasteiger charge is -2.31. The zero-order chi connectivity index (χ0) is 24.8. The summed E-state index contributed by atoms with van der Waals surface area (Å²) in [6.45, 7) is 13.9. The molecule has 2 fully saturated rings. The number of nitrogens with one attached hydrogen (secondary N) is 1. The zero-order valence-electron chi connectivity index (χ0n) is 22.1. The Morgan fingerprint density at radius 3 is 1.94 bits per heavy atom. The van der Waals surface area contributed by atoms with E-state index in [4.69, 9.17) is 14.6 Å². The van der Waals surface area contributed by atoms with Crippen LogP contribution in [-0.2, 0) is 19.1 Å². The van der Waals surface area contributed by atoms with Crippen molar-refractivity contribution in [3.05, 3.63) is 0 Å². The smallest absolute Gasteiger partial charge is 0.311 e. The molecule has 0 saturated heterocycles. The minimum atomic E-state index is -0.359. The Labute approximate surface area is 202 Å². The van der Waals surface area contributed by atoms with Crippen LogP contribution in [0.1, 0.15) is 99.3 Å². The molecule has 2 saturated carbocycles. The lowest BCUT2D eigenvalue weighted by molar-refractivity contribution is -0.184. The van der Waals surface area contributed by atoms with E-state index in [1.807, 2.05) is 13.8 Å². The fraction of sp³-hybridized carbons (Fsp3) is 0.926. The first-order chi connectivity index (χ1) is 15.7. The molecule has 2 N–H and O–H groups in total. The zero-order valence-corrected chi connectivity index (χ0v) is 22.1. The number of carbonyl (C=O) groups excluding carboxylic acids is 2. The molecule has 5 unspecified atom stereocenters. The summed E-state index contributed by atoms with van der Waals surface area (Å²) in [7, 11) is 0. The van der Waals surface area contributed by atoms with E-state index < -0.39 is 0 Å². The molecule has 0 radical (unpaired) electrons. The molecule has 0 bridgehead atoms. The third-order valence-electron chi connectivity index (χ3n) is 7.36. The van der Waals surface area contributed by atoms with Gasteiger partial charge in [-0.05, 0) is 56.3 Å². The molecule has 0 heterocycles. The summed E-state index contributed by atoms with van der Waals surface area (Å²) in [6.07, 6.45) is 9.19. The second kappa shape index (κ2) is 16.5. The van der Waals surface area contributed by atoms with E-state index in [9.17, 15) is 9.59 Å². The predicted molar refractivity (Wildman–Crippen MR) is 132 cm³/mol. The van der Waals surface area contributed by atoms with Crippen LogP contribution in [0.15, 0.2) is 0 Å². The van der Waals surface area contributed by atoms with Crippen molar-refractivity contribution in [2.45, 2.75) is 106 Å². The van der Waals surface area contributed by atoms with Crippen molar-refractivity contribution in [2.24, 2.45) is 35.5 Å². The summed E-state index contributed by atoms with van der Waals surface area (Å²) >= 11 is 0. The van der Waals surface area contributed by atoms with Crippen LogP contribution in [0.3, 0.4) is 0 Å². The lowest BCUT2D eigenvalue weighted by Crippen LogP contribution is -2.36. The highest BCUT2D eigenvalue weighted by Gasteiger charge is 2.31. The topological polar surface area (TPSA) is 84.9 Å². The number of hydrogen-bond donors (Lipinski definition) is 2. The van der Waals surface area contributed by atoms with Crippen LogP contribution < -0.4 is 5.32 Å². The number of hydrogen-bond acceptors (Lipinski definition) is 5. The van der Waals surface area contributed by atoms with Gasteiger partial charge in [0.05, 0.1) is 12.5 Å². The van der Waals surface area contributed by atoms with Crippen molar-refractivity contribution < 1.29 is 24.2 Å². The number of aliphatic hydroxyl groups excluding tert-OH is 1. The molecule has 2 rings (SSSR count). The van der Waals surface area contributed by atoms with Crippen molar-refractivity contribution >= 4 is 11.9 Å². The molecule has 6 nitrogen and oxygen atoms in total. The van der Waals surface area contributed by atoms with E-state index in [0.717, 1.165) is 38.5 Å². The van der Waals surface area contributed by atoms with Gasteiger partial charge < -0.3 is 19.9 Å². The monoisotopic (exact) mass is 469 g/mol. The summed E-state index contributed by atoms with van der Waals surface area (Å²) in [6, 6.07) is 0. The number of carbonyl (C=O) groups is 2. The number of aliphatic hydroxyl groups is 1. The molecule has 33 heavy (non-hydrogen) atoms. The van der Waals surface area contributed by atoms with E-state index in [1.165, 1.54) is 19.3 Å². The van der Waals surface area contributed by atoms with Crippen molar-refractivity contribution in [1.29, 1.82) is 0 Å². The summed E-state index contributed by atoms with van der Waals surface area (Å²) in [5.41, 5.74) is 0. The third-order valence-corrected chi connectivity index (χ3v) is 7.36. The highest BCUT2D eigenvalue weighted by atomic mass is 16.7. The predicted octanol–water partition coefficient (Wildman–Crippen LogP) is 5.32. The molecule has 2 aliphatic carbocycles. The van der Waals surface area contributed by atoms with Gasteiger partial charge in [0.25, 0.3) is 0 Å². The van der Waals surface area contributed by atoms with Gasteiger partial charge in [-0.3, -0.25) is 9.59 Å². The van der Waals surface area contributed by atoms with Crippen LogP contribution in [-0.4, -0.2) is 43.0 Å². The highest BCUT2D eigenvalue weighted by Crippen LogP contribution is 2.35. The summed E-state index contributed by atoms with van der Waals surface area (Å²) < 4.78 is 10.8. The van der Waals surface area contributed by atoms with Gasteiger partial charge in [-0.2, -0.15) is 0 Å². The van der Waals surface area contributed by atoms with Gasteiger partial charge in [0.15, 0.2) is 0 Å². The fourth-order valence-electron chi connectivity index (χ4n) is 5.09. The largest absolute Gasteiger partial charge is 0.436 e. The Morgan fingerprint density at radius 2 is 1.45 bits per heavy atom. The number of ether oxygens (including phenoxy) is 2. The van der Waals surface area contributed by atoms with Crippen LogP contribution in [0.2, 0.25) is 0 Å². The Kier molecular flexibility index (Phi) is 14.9. The minimum Gasteiger partial charge on any atom is -0.436 e. The van der Waals surface area contributed by atoms with Crippen molar-refractivity contribution in [1.82, 2.24) is 5.32 Å². The van der Waals surface area contributed by atoms with Crippen molar-refractivity contribution in [2.75, 3.05) is 19.8 Å². The second-order valence-corrected chi connectivity index (χ2v) is 10.5. The minimum absolute atomic E-state index is 0.0338. The molecular formula is C27H51NO5. The third kappa shape index (κ3) is 11.2. The molecule has 0 aromatic carbocycles. The van der Waals surface area contributed by atoms with Gasteiger partial charge in [-0.1, -0.05) is 60.3 Å². The average Bonchev–Trinajstić information content (AvgIpc) is 2.82. The molecule has 1 amide bonds. The van der Waals surface area contributed by atoms with Gasteiger partial charge in [0.2, 0.25) is 12.2 Å². The maximum absolute atomic E-state index is 12.1. The molecular weight excluding hydrogens is 418 g/mol. The van der Waals surface area contributed by atoms with Crippen LogP contribution >= 0.6 is 0 Å². The van der Waals surface area contributed by atoms with Gasteiger partial charge in [0.1, 0.15) is 0 Å². The molecule has 5 atom stereocenters. The van der Waals surface area contributed by atoms with E-state index in [2.05, 4.69) is 33.0 Å². The molecule has 0 aromatic rings. The Balaban J connectivity index is 0.000000335. The Bertz CT molecular complexity index is 551. The van der Waals surface area contributed by atoms with Crippen LogP contribution in [0, 0.1) is 35.5 Å². The SMILES string of the molecule is CC(C)C1CCCC(C(=O)NCCO)C1.CCOC(CC)OC(=O)C1CCCC(C(C)C)C1. The van der Waals surface area contributed by atoms with Gasteiger partial charge in [0, 0.05) is 25.5 Å². The summed E-state index contributed by atoms with van der Waals surface area (Å²) in [5.74, 6) is 3.05. The molecule has 0 aromatic heterocycles. The van der Waals surface area contributed by atoms with E-state index in [-0.39, 0.29) is 36.6 Å². The Hall–Kier alpha value is -1.14. The maximum Gasteiger partial charge on any atom is 0.311 e. The number of amides is 1. The first-order valence-corrected chi connectivity index (χ1v) is 13.4. The van der Waals surface area contributed by atoms with Crippen molar-refractivity contribution in [3.8, 4) is 0 Å². The van der Waals surface area contributed by atoms with E-state index in [0.29, 0.717) is 36.8 Å². The first kappa shape index (κ1) is 29.9. The van der Waals surface area contributed by atoms with Gasteiger partial charge in [-0.15, -0.1) is 0 Å². The normalized spacial score (nSPS) is 26.3. The Morgan fingerprint density at radius 1 is 0.909 bits per heavy atom. The fourth-order valence-corrected chi connectivity index (χ4v) is 5.09. The average molecular weight is 470 g/mol. The molecule has 6 heteroatoms. The summed E-state index contributed by atoms with van der Waals surface area (Å²) in [5, 5.41) is 11.4. The maximum atomic E-state index is 12.1. The summed E-state index contributed by atoms with van der Waals surface area (Å²) in [4.78, 5) is 23.8. The highest BCUT2D eigenvalue weighted by molar-refractivity contribution is 5.78. The standard InChI is InChI=1S/C15H28O3.C12H23NO2/c1-5-14(17-6-2)18-15(16)13-9-7-8-12(10-13)11(3)4;1-9(2)10-4-3-5-11(8-10)12(15)13-6-7-14/h11-14H,5-10H2,1-4H3;9-11,14H,3-8H2,1-2H3,(H,13,15).